The number of rotatable bonds is 3. The third-order valence-corrected chi connectivity index (χ3v) is 3.72. The normalized spacial score (nSPS) is 11.4. The van der Waals surface area contributed by atoms with E-state index in [1.165, 1.54) is 48.5 Å². The summed E-state index contributed by atoms with van der Waals surface area (Å²) in [5.74, 6) is -0.753. The summed E-state index contributed by atoms with van der Waals surface area (Å²) in [5, 5.41) is 11.4. The molecule has 3 aromatic carbocycles. The van der Waals surface area contributed by atoms with Crippen LogP contribution in [0.15, 0.2) is 78.9 Å². The summed E-state index contributed by atoms with van der Waals surface area (Å²) < 4.78 is 26.4. The van der Waals surface area contributed by atoms with E-state index in [1.807, 2.05) is 18.2 Å². The molecule has 0 spiro atoms. The van der Waals surface area contributed by atoms with Gasteiger partial charge in [0.25, 0.3) is 0 Å². The Labute approximate surface area is 127 Å². The summed E-state index contributed by atoms with van der Waals surface area (Å²) in [6.07, 6.45) is 0. The van der Waals surface area contributed by atoms with Gasteiger partial charge in [-0.05, 0) is 41.0 Å². The molecule has 0 heterocycles. The van der Waals surface area contributed by atoms with Crippen LogP contribution < -0.4 is 0 Å². The van der Waals surface area contributed by atoms with E-state index in [4.69, 9.17) is 0 Å². The van der Waals surface area contributed by atoms with Crippen molar-refractivity contribution in [2.75, 3.05) is 0 Å². The van der Waals surface area contributed by atoms with Gasteiger partial charge >= 0.3 is 0 Å². The van der Waals surface area contributed by atoms with Gasteiger partial charge in [0.2, 0.25) is 0 Å². The monoisotopic (exact) mass is 296 g/mol. The average Bonchev–Trinajstić information content (AvgIpc) is 2.56. The number of benzene rings is 3. The Morgan fingerprint density at radius 1 is 0.545 bits per heavy atom. The van der Waals surface area contributed by atoms with Crippen LogP contribution in [-0.4, -0.2) is 5.11 Å². The van der Waals surface area contributed by atoms with Crippen molar-refractivity contribution in [1.82, 2.24) is 0 Å². The van der Waals surface area contributed by atoms with Crippen molar-refractivity contribution in [3.05, 3.63) is 107 Å². The van der Waals surface area contributed by atoms with E-state index >= 15 is 0 Å². The van der Waals surface area contributed by atoms with Crippen LogP contribution in [0, 0.1) is 11.6 Å². The number of hydrogen-bond acceptors (Lipinski definition) is 1. The molecule has 3 rings (SSSR count). The lowest BCUT2D eigenvalue weighted by Gasteiger charge is -2.30. The Kier molecular flexibility index (Phi) is 3.73. The lowest BCUT2D eigenvalue weighted by Crippen LogP contribution is -2.28. The van der Waals surface area contributed by atoms with Crippen molar-refractivity contribution in [3.8, 4) is 0 Å². The quantitative estimate of drug-likeness (QED) is 0.716. The highest BCUT2D eigenvalue weighted by molar-refractivity contribution is 5.46. The zero-order valence-corrected chi connectivity index (χ0v) is 11.7. The third kappa shape index (κ3) is 2.51. The molecular formula is C19H14F2O. The molecule has 0 saturated heterocycles. The van der Waals surface area contributed by atoms with Gasteiger partial charge < -0.3 is 5.11 Å². The van der Waals surface area contributed by atoms with Crippen LogP contribution in [-0.2, 0) is 5.60 Å². The van der Waals surface area contributed by atoms with Gasteiger partial charge in [-0.2, -0.15) is 0 Å². The molecule has 0 bridgehead atoms. The minimum Gasteiger partial charge on any atom is -0.376 e. The maximum Gasteiger partial charge on any atom is 0.140 e. The predicted molar refractivity (Wildman–Crippen MR) is 81.3 cm³/mol. The summed E-state index contributed by atoms with van der Waals surface area (Å²) in [5.41, 5.74) is 0.203. The second kappa shape index (κ2) is 5.70. The van der Waals surface area contributed by atoms with Crippen LogP contribution in [0.2, 0.25) is 0 Å². The van der Waals surface area contributed by atoms with Crippen molar-refractivity contribution in [2.24, 2.45) is 0 Å². The van der Waals surface area contributed by atoms with E-state index < -0.39 is 5.60 Å². The molecule has 0 aliphatic heterocycles. The van der Waals surface area contributed by atoms with Crippen molar-refractivity contribution >= 4 is 0 Å². The molecule has 0 aliphatic rings. The Hall–Kier alpha value is -2.52. The Morgan fingerprint density at radius 2 is 0.909 bits per heavy atom. The molecule has 0 aromatic heterocycles. The lowest BCUT2D eigenvalue weighted by atomic mass is 9.80. The van der Waals surface area contributed by atoms with Crippen LogP contribution in [0.25, 0.3) is 0 Å². The largest absolute Gasteiger partial charge is 0.376 e. The van der Waals surface area contributed by atoms with Gasteiger partial charge in [0.15, 0.2) is 0 Å². The molecule has 1 nitrogen and oxygen atoms in total. The first-order valence-electron chi connectivity index (χ1n) is 6.90. The van der Waals surface area contributed by atoms with E-state index in [-0.39, 0.29) is 11.6 Å². The van der Waals surface area contributed by atoms with Crippen LogP contribution >= 0.6 is 0 Å². The van der Waals surface area contributed by atoms with Gasteiger partial charge in [-0.3, -0.25) is 0 Å². The first kappa shape index (κ1) is 14.4. The maximum absolute atomic E-state index is 13.2. The molecule has 22 heavy (non-hydrogen) atoms. The fourth-order valence-electron chi connectivity index (χ4n) is 2.56. The molecule has 3 aromatic rings. The zero-order valence-electron chi connectivity index (χ0n) is 11.7. The fourth-order valence-corrected chi connectivity index (χ4v) is 2.56. The van der Waals surface area contributed by atoms with Gasteiger partial charge in [0.1, 0.15) is 17.2 Å². The third-order valence-electron chi connectivity index (χ3n) is 3.72. The first-order chi connectivity index (χ1) is 10.6. The molecule has 110 valence electrons. The molecule has 0 fully saturated rings. The van der Waals surface area contributed by atoms with E-state index in [0.717, 1.165) is 0 Å². The summed E-state index contributed by atoms with van der Waals surface area (Å²) in [6.45, 7) is 0. The second-order valence-corrected chi connectivity index (χ2v) is 5.09. The molecular weight excluding hydrogens is 282 g/mol. The average molecular weight is 296 g/mol. The Bertz CT molecular complexity index is 704. The van der Waals surface area contributed by atoms with Crippen LogP contribution in [0.3, 0.4) is 0 Å². The second-order valence-electron chi connectivity index (χ2n) is 5.09. The summed E-state index contributed by atoms with van der Waals surface area (Å²) in [6, 6.07) is 20.4. The maximum atomic E-state index is 13.2. The summed E-state index contributed by atoms with van der Waals surface area (Å²) in [4.78, 5) is 0. The van der Waals surface area contributed by atoms with Gasteiger partial charge in [-0.25, -0.2) is 8.78 Å². The zero-order chi connectivity index (χ0) is 15.6. The highest BCUT2D eigenvalue weighted by Gasteiger charge is 2.33. The summed E-state index contributed by atoms with van der Waals surface area (Å²) >= 11 is 0. The van der Waals surface area contributed by atoms with E-state index in [2.05, 4.69) is 0 Å². The standard InChI is InChI=1S/C19H14F2O/c20-17-10-6-15(7-11-17)19(22,14-4-2-1-3-5-14)16-8-12-18(21)13-9-16/h1-13,22H. The van der Waals surface area contributed by atoms with Gasteiger partial charge in [0.05, 0.1) is 0 Å². The van der Waals surface area contributed by atoms with E-state index in [1.54, 1.807) is 12.1 Å². The number of aliphatic hydroxyl groups is 1. The molecule has 0 unspecified atom stereocenters. The molecule has 0 amide bonds. The number of halogens is 2. The van der Waals surface area contributed by atoms with Gasteiger partial charge in [-0.15, -0.1) is 0 Å². The van der Waals surface area contributed by atoms with Crippen LogP contribution in [0.4, 0.5) is 8.78 Å². The highest BCUT2D eigenvalue weighted by atomic mass is 19.1. The topological polar surface area (TPSA) is 20.2 Å². The van der Waals surface area contributed by atoms with Gasteiger partial charge in [0, 0.05) is 0 Å². The highest BCUT2D eigenvalue weighted by Crippen LogP contribution is 2.36. The van der Waals surface area contributed by atoms with Crippen LogP contribution in [0.1, 0.15) is 16.7 Å². The first-order valence-corrected chi connectivity index (χ1v) is 6.90. The summed E-state index contributed by atoms with van der Waals surface area (Å²) in [7, 11) is 0. The Morgan fingerprint density at radius 3 is 1.32 bits per heavy atom. The lowest BCUT2D eigenvalue weighted by molar-refractivity contribution is 0.125. The molecule has 3 heteroatoms. The molecule has 0 saturated carbocycles. The minimum absolute atomic E-state index is 0.377. The van der Waals surface area contributed by atoms with Crippen molar-refractivity contribution in [1.29, 1.82) is 0 Å². The molecule has 0 atom stereocenters. The molecule has 0 aliphatic carbocycles. The molecule has 0 radical (unpaired) electrons. The van der Waals surface area contributed by atoms with Crippen molar-refractivity contribution < 1.29 is 13.9 Å². The van der Waals surface area contributed by atoms with Crippen molar-refractivity contribution in [2.45, 2.75) is 5.60 Å². The van der Waals surface area contributed by atoms with E-state index in [0.29, 0.717) is 16.7 Å². The van der Waals surface area contributed by atoms with E-state index in [9.17, 15) is 13.9 Å². The molecule has 1 N–H and O–H groups in total. The van der Waals surface area contributed by atoms with Crippen LogP contribution in [0.5, 0.6) is 0 Å². The van der Waals surface area contributed by atoms with Gasteiger partial charge in [-0.1, -0.05) is 54.6 Å². The predicted octanol–water partition coefficient (Wildman–Crippen LogP) is 4.25. The Balaban J connectivity index is 2.22. The fraction of sp³-hybridized carbons (Fsp3) is 0.0526. The SMILES string of the molecule is OC(c1ccccc1)(c1ccc(F)cc1)c1ccc(F)cc1. The minimum atomic E-state index is -1.47. The smallest absolute Gasteiger partial charge is 0.140 e. The number of hydrogen-bond donors (Lipinski definition) is 1. The van der Waals surface area contributed by atoms with Crippen molar-refractivity contribution in [3.63, 3.8) is 0 Å².